The molecule has 6 nitrogen and oxygen atoms in total. The normalized spacial score (nSPS) is 11.4. The van der Waals surface area contributed by atoms with Crippen molar-refractivity contribution in [3.63, 3.8) is 0 Å². The molecular weight excluding hydrogens is 478 g/mol. The smallest absolute Gasteiger partial charge is 0.347 e. The third-order valence-corrected chi connectivity index (χ3v) is 6.43. The van der Waals surface area contributed by atoms with Crippen LogP contribution in [0.2, 0.25) is 0 Å². The molecule has 3 aromatic carbocycles. The van der Waals surface area contributed by atoms with Gasteiger partial charge in [0.15, 0.2) is 5.60 Å². The van der Waals surface area contributed by atoms with Crippen molar-refractivity contribution in [2.24, 2.45) is 0 Å². The first-order valence-electron chi connectivity index (χ1n) is 13.1. The van der Waals surface area contributed by atoms with E-state index in [9.17, 15) is 9.90 Å². The first-order valence-corrected chi connectivity index (χ1v) is 13.1. The van der Waals surface area contributed by atoms with Gasteiger partial charge in [0.05, 0.1) is 12.3 Å². The molecule has 0 saturated heterocycles. The summed E-state index contributed by atoms with van der Waals surface area (Å²) in [5, 5.41) is 9.39. The quantitative estimate of drug-likeness (QED) is 0.211. The number of unbranched alkanes of at least 4 members (excludes halogenated alkanes) is 1. The van der Waals surface area contributed by atoms with Crippen LogP contribution in [0.15, 0.2) is 77.2 Å². The Labute approximate surface area is 224 Å². The van der Waals surface area contributed by atoms with Gasteiger partial charge in [0.25, 0.3) is 0 Å². The van der Waals surface area contributed by atoms with Crippen LogP contribution in [0, 0.1) is 6.92 Å². The van der Waals surface area contributed by atoms with E-state index in [1.165, 1.54) is 13.8 Å². The Hall–Kier alpha value is -4.06. The number of carbonyl (C=O) groups is 1. The summed E-state index contributed by atoms with van der Waals surface area (Å²) in [5.41, 5.74) is 3.75. The highest BCUT2D eigenvalue weighted by molar-refractivity contribution is 5.76. The van der Waals surface area contributed by atoms with Gasteiger partial charge in [-0.1, -0.05) is 55.8 Å². The topological polar surface area (TPSA) is 81.8 Å². The molecule has 0 fully saturated rings. The van der Waals surface area contributed by atoms with Gasteiger partial charge in [-0.05, 0) is 80.6 Å². The van der Waals surface area contributed by atoms with Gasteiger partial charge < -0.3 is 19.0 Å². The van der Waals surface area contributed by atoms with E-state index >= 15 is 0 Å². The minimum atomic E-state index is -1.31. The van der Waals surface area contributed by atoms with Gasteiger partial charge in [-0.3, -0.25) is 0 Å². The zero-order chi connectivity index (χ0) is 27.1. The molecule has 0 saturated carbocycles. The third kappa shape index (κ3) is 6.62. The van der Waals surface area contributed by atoms with Gasteiger partial charge in [-0.25, -0.2) is 9.78 Å². The Balaban J connectivity index is 1.45. The van der Waals surface area contributed by atoms with Crippen molar-refractivity contribution < 1.29 is 23.8 Å². The summed E-state index contributed by atoms with van der Waals surface area (Å²) in [6, 6.07) is 23.9. The lowest BCUT2D eigenvalue weighted by Crippen LogP contribution is -2.37. The van der Waals surface area contributed by atoms with Crippen molar-refractivity contribution in [2.45, 2.75) is 59.0 Å². The molecule has 38 heavy (non-hydrogen) atoms. The van der Waals surface area contributed by atoms with Crippen LogP contribution in [0.25, 0.3) is 22.6 Å². The van der Waals surface area contributed by atoms with Crippen LogP contribution < -0.4 is 9.47 Å². The first kappa shape index (κ1) is 27.0. The number of ether oxygens (including phenoxy) is 2. The number of hydrogen-bond acceptors (Lipinski definition) is 5. The van der Waals surface area contributed by atoms with E-state index < -0.39 is 11.6 Å². The van der Waals surface area contributed by atoms with Crippen molar-refractivity contribution in [1.29, 1.82) is 0 Å². The Morgan fingerprint density at radius 1 is 0.947 bits per heavy atom. The number of aliphatic carboxylic acids is 1. The summed E-state index contributed by atoms with van der Waals surface area (Å²) in [6.07, 6.45) is 3.46. The fourth-order valence-corrected chi connectivity index (χ4v) is 4.16. The Kier molecular flexibility index (Phi) is 8.52. The molecule has 198 valence electrons. The Bertz CT molecular complexity index is 1370. The molecular formula is C32H35NO5. The number of benzene rings is 3. The molecule has 0 amide bonds. The molecule has 0 atom stereocenters. The highest BCUT2D eigenvalue weighted by atomic mass is 16.5. The molecule has 0 bridgehead atoms. The third-order valence-electron chi connectivity index (χ3n) is 6.43. The molecule has 0 spiro atoms. The Morgan fingerprint density at radius 2 is 1.68 bits per heavy atom. The fourth-order valence-electron chi connectivity index (χ4n) is 4.16. The van der Waals surface area contributed by atoms with Crippen LogP contribution in [0.3, 0.4) is 0 Å². The van der Waals surface area contributed by atoms with E-state index in [4.69, 9.17) is 18.9 Å². The predicted molar refractivity (Wildman–Crippen MR) is 149 cm³/mol. The standard InChI is InChI=1S/C32H35NO5/c1-5-6-11-25-21-27(38-32(3,4)31(34)35)16-17-29(25)36-19-18-28-22(2)37-30(33-28)26-15-10-14-24(20-26)23-12-8-7-9-13-23/h7-10,12-17,20-21H,5-6,11,18-19H2,1-4H3,(H,34,35). The maximum absolute atomic E-state index is 11.5. The van der Waals surface area contributed by atoms with Crippen LogP contribution >= 0.6 is 0 Å². The first-order chi connectivity index (χ1) is 18.3. The van der Waals surface area contributed by atoms with Gasteiger partial charge >= 0.3 is 5.97 Å². The molecule has 0 aliphatic rings. The zero-order valence-corrected chi connectivity index (χ0v) is 22.5. The van der Waals surface area contributed by atoms with Crippen molar-refractivity contribution >= 4 is 5.97 Å². The van der Waals surface area contributed by atoms with Crippen molar-refractivity contribution in [1.82, 2.24) is 4.98 Å². The van der Waals surface area contributed by atoms with Gasteiger partial charge in [0.1, 0.15) is 17.3 Å². The molecule has 1 N–H and O–H groups in total. The largest absolute Gasteiger partial charge is 0.493 e. The lowest BCUT2D eigenvalue weighted by Gasteiger charge is -2.22. The molecule has 0 unspecified atom stereocenters. The van der Waals surface area contributed by atoms with Crippen LogP contribution in [0.4, 0.5) is 0 Å². The molecule has 0 radical (unpaired) electrons. The van der Waals surface area contributed by atoms with Gasteiger partial charge in [-0.15, -0.1) is 0 Å². The Morgan fingerprint density at radius 3 is 2.42 bits per heavy atom. The summed E-state index contributed by atoms with van der Waals surface area (Å²) in [5.74, 6) is 1.66. The van der Waals surface area contributed by atoms with Crippen molar-refractivity contribution in [3.05, 3.63) is 89.8 Å². The highest BCUT2D eigenvalue weighted by Crippen LogP contribution is 2.30. The number of aryl methyl sites for hydroxylation is 2. The summed E-state index contributed by atoms with van der Waals surface area (Å²) in [6.45, 7) is 7.58. The van der Waals surface area contributed by atoms with Gasteiger partial charge in [-0.2, -0.15) is 0 Å². The number of carboxylic acid groups (broad SMARTS) is 1. The molecule has 0 aliphatic carbocycles. The van der Waals surface area contributed by atoms with Crippen LogP contribution in [-0.2, 0) is 17.6 Å². The maximum Gasteiger partial charge on any atom is 0.347 e. The fraction of sp³-hybridized carbons (Fsp3) is 0.312. The predicted octanol–water partition coefficient (Wildman–Crippen LogP) is 7.52. The second kappa shape index (κ2) is 12.0. The summed E-state index contributed by atoms with van der Waals surface area (Å²) in [4.78, 5) is 16.2. The monoisotopic (exact) mass is 513 g/mol. The highest BCUT2D eigenvalue weighted by Gasteiger charge is 2.29. The van der Waals surface area contributed by atoms with E-state index in [1.54, 1.807) is 6.07 Å². The van der Waals surface area contributed by atoms with Crippen molar-refractivity contribution in [2.75, 3.05) is 6.61 Å². The summed E-state index contributed by atoms with van der Waals surface area (Å²) >= 11 is 0. The van der Waals surface area contributed by atoms with E-state index in [1.807, 2.05) is 49.4 Å². The second-order valence-electron chi connectivity index (χ2n) is 9.86. The second-order valence-corrected chi connectivity index (χ2v) is 9.86. The van der Waals surface area contributed by atoms with Crippen LogP contribution in [0.1, 0.15) is 50.6 Å². The minimum Gasteiger partial charge on any atom is -0.493 e. The number of carboxylic acids is 1. The lowest BCUT2D eigenvalue weighted by molar-refractivity contribution is -0.152. The number of oxazole rings is 1. The number of nitrogens with zero attached hydrogens (tertiary/aromatic N) is 1. The number of aromatic nitrogens is 1. The number of rotatable bonds is 12. The number of hydrogen-bond donors (Lipinski definition) is 1. The summed E-state index contributed by atoms with van der Waals surface area (Å²) < 4.78 is 17.9. The minimum absolute atomic E-state index is 0.441. The van der Waals surface area contributed by atoms with E-state index in [0.717, 1.165) is 58.7 Å². The molecule has 6 heteroatoms. The van der Waals surface area contributed by atoms with Gasteiger partial charge in [0.2, 0.25) is 5.89 Å². The lowest BCUT2D eigenvalue weighted by atomic mass is 10.0. The van der Waals surface area contributed by atoms with Crippen LogP contribution in [0.5, 0.6) is 11.5 Å². The van der Waals surface area contributed by atoms with E-state index in [0.29, 0.717) is 24.7 Å². The zero-order valence-electron chi connectivity index (χ0n) is 22.5. The average molecular weight is 514 g/mol. The maximum atomic E-state index is 11.5. The molecule has 0 aliphatic heterocycles. The van der Waals surface area contributed by atoms with E-state index in [-0.39, 0.29) is 0 Å². The van der Waals surface area contributed by atoms with Crippen molar-refractivity contribution in [3.8, 4) is 34.1 Å². The van der Waals surface area contributed by atoms with E-state index in [2.05, 4.69) is 31.2 Å². The molecule has 1 heterocycles. The molecule has 4 aromatic rings. The molecule has 4 rings (SSSR count). The summed E-state index contributed by atoms with van der Waals surface area (Å²) in [7, 11) is 0. The molecule has 1 aromatic heterocycles. The van der Waals surface area contributed by atoms with Crippen LogP contribution in [-0.4, -0.2) is 28.3 Å². The average Bonchev–Trinajstić information content (AvgIpc) is 3.29. The SMILES string of the molecule is CCCCc1cc(OC(C)(C)C(=O)O)ccc1OCCc1nc(-c2cccc(-c3ccccc3)c2)oc1C. The van der Waals surface area contributed by atoms with Gasteiger partial charge in [0, 0.05) is 12.0 Å².